The molecule has 0 saturated heterocycles. The highest BCUT2D eigenvalue weighted by Gasteiger charge is 2.35. The number of nitrogens with zero attached hydrogens (tertiary/aromatic N) is 1. The Kier molecular flexibility index (Phi) is 5.46. The Balaban J connectivity index is 1.35. The van der Waals surface area contributed by atoms with Crippen LogP contribution in [0.15, 0.2) is 71.3 Å². The maximum atomic E-state index is 6.65. The molecule has 0 spiro atoms. The summed E-state index contributed by atoms with van der Waals surface area (Å²) in [5.41, 5.74) is 11.8. The number of para-hydroxylation sites is 1. The normalized spacial score (nSPS) is 21.2. The van der Waals surface area contributed by atoms with Crippen LogP contribution in [0.1, 0.15) is 54.4 Å². The summed E-state index contributed by atoms with van der Waals surface area (Å²) in [6.07, 6.45) is 10.4. The van der Waals surface area contributed by atoms with Crippen molar-refractivity contribution in [3.63, 3.8) is 0 Å². The first-order valence-electron chi connectivity index (χ1n) is 14.0. The van der Waals surface area contributed by atoms with Crippen molar-refractivity contribution in [2.45, 2.75) is 59.3 Å². The molecule has 3 fully saturated rings. The van der Waals surface area contributed by atoms with E-state index in [4.69, 9.17) is 9.40 Å². The Morgan fingerprint density at radius 1 is 0.838 bits per heavy atom. The van der Waals surface area contributed by atoms with Crippen molar-refractivity contribution in [1.82, 2.24) is 4.98 Å². The van der Waals surface area contributed by atoms with Crippen molar-refractivity contribution in [3.8, 4) is 22.4 Å². The Hall–Kier alpha value is -3.39. The minimum Gasteiger partial charge on any atom is -0.455 e. The molecule has 0 radical (unpaired) electrons. The molecule has 1 unspecified atom stereocenters. The molecule has 0 amide bonds. The van der Waals surface area contributed by atoms with E-state index in [1.54, 1.807) is 0 Å². The van der Waals surface area contributed by atoms with Crippen LogP contribution in [0.4, 0.5) is 0 Å². The Morgan fingerprint density at radius 3 is 2.38 bits per heavy atom. The van der Waals surface area contributed by atoms with Crippen LogP contribution in [0.25, 0.3) is 44.3 Å². The number of rotatable bonds is 4. The zero-order valence-corrected chi connectivity index (χ0v) is 22.2. The van der Waals surface area contributed by atoms with Crippen LogP contribution >= 0.6 is 0 Å². The number of fused-ring (bicyclic) bond motifs is 6. The summed E-state index contributed by atoms with van der Waals surface area (Å²) in [5.74, 6) is 2.73. The molecule has 37 heavy (non-hydrogen) atoms. The Bertz CT molecular complexity index is 1610. The third-order valence-corrected chi connectivity index (χ3v) is 9.29. The second-order valence-corrected chi connectivity index (χ2v) is 11.8. The second-order valence-electron chi connectivity index (χ2n) is 11.8. The molecule has 2 nitrogen and oxygen atoms in total. The second kappa shape index (κ2) is 8.87. The minimum atomic E-state index is 0.840. The molecule has 186 valence electrons. The molecule has 2 heterocycles. The maximum Gasteiger partial charge on any atom is 0.144 e. The number of pyridine rings is 1. The van der Waals surface area contributed by atoms with Crippen LogP contribution in [0, 0.1) is 38.5 Å². The number of furan rings is 1. The standard InChI is InChI=1S/C35H35NO/c1-21-16-30(33-22(2)6-4-7-23(33)3)34-29-9-5-8-28(35(29)37-32(34)17-21)31-20-25(14-15-36-31)19-27-18-24-10-12-26(27)13-11-24/h4-9,14-17,20,24,26-27H,10-13,18-19H2,1-3H3. The molecule has 3 aliphatic carbocycles. The molecular formula is C35H35NO. The zero-order valence-electron chi connectivity index (χ0n) is 22.2. The topological polar surface area (TPSA) is 26.0 Å². The van der Waals surface area contributed by atoms with E-state index in [9.17, 15) is 0 Å². The van der Waals surface area contributed by atoms with Gasteiger partial charge in [-0.3, -0.25) is 4.98 Å². The van der Waals surface area contributed by atoms with Crippen molar-refractivity contribution in [2.75, 3.05) is 0 Å². The highest BCUT2D eigenvalue weighted by atomic mass is 16.3. The van der Waals surface area contributed by atoms with Crippen LogP contribution in [0.5, 0.6) is 0 Å². The summed E-state index contributed by atoms with van der Waals surface area (Å²) < 4.78 is 6.65. The average molecular weight is 486 g/mol. The number of hydrogen-bond acceptors (Lipinski definition) is 2. The van der Waals surface area contributed by atoms with Gasteiger partial charge < -0.3 is 4.42 Å². The molecule has 3 aliphatic rings. The van der Waals surface area contributed by atoms with Crippen LogP contribution in [0.2, 0.25) is 0 Å². The van der Waals surface area contributed by atoms with E-state index >= 15 is 0 Å². The third-order valence-electron chi connectivity index (χ3n) is 9.29. The van der Waals surface area contributed by atoms with Crippen LogP contribution in [-0.2, 0) is 6.42 Å². The fraction of sp³-hybridized carbons (Fsp3) is 0.343. The van der Waals surface area contributed by atoms with E-state index < -0.39 is 0 Å². The maximum absolute atomic E-state index is 6.65. The fourth-order valence-corrected chi connectivity index (χ4v) is 7.52. The van der Waals surface area contributed by atoms with Crippen molar-refractivity contribution in [1.29, 1.82) is 0 Å². The van der Waals surface area contributed by atoms with E-state index in [1.165, 1.54) is 82.7 Å². The van der Waals surface area contributed by atoms with Gasteiger partial charge >= 0.3 is 0 Å². The molecule has 5 aromatic rings. The molecule has 2 aromatic heterocycles. The van der Waals surface area contributed by atoms with Gasteiger partial charge in [-0.1, -0.05) is 49.2 Å². The summed E-state index contributed by atoms with van der Waals surface area (Å²) in [4.78, 5) is 4.84. The highest BCUT2D eigenvalue weighted by molar-refractivity contribution is 6.15. The summed E-state index contributed by atoms with van der Waals surface area (Å²) in [6.45, 7) is 6.57. The highest BCUT2D eigenvalue weighted by Crippen LogP contribution is 2.46. The lowest BCUT2D eigenvalue weighted by atomic mass is 9.63. The van der Waals surface area contributed by atoms with Gasteiger partial charge in [0.15, 0.2) is 0 Å². The molecule has 8 rings (SSSR count). The molecule has 3 aromatic carbocycles. The van der Waals surface area contributed by atoms with Gasteiger partial charge in [0.2, 0.25) is 0 Å². The first-order chi connectivity index (χ1) is 18.0. The molecule has 2 heteroatoms. The van der Waals surface area contributed by atoms with E-state index in [2.05, 4.69) is 81.4 Å². The van der Waals surface area contributed by atoms with Gasteiger partial charge in [-0.2, -0.15) is 0 Å². The van der Waals surface area contributed by atoms with Crippen LogP contribution in [0.3, 0.4) is 0 Å². The van der Waals surface area contributed by atoms with Crippen molar-refractivity contribution in [2.24, 2.45) is 17.8 Å². The Labute approximate surface area is 219 Å². The molecule has 0 N–H and O–H groups in total. The Morgan fingerprint density at radius 2 is 1.62 bits per heavy atom. The number of aromatic nitrogens is 1. The van der Waals surface area contributed by atoms with Gasteiger partial charge in [0.1, 0.15) is 11.2 Å². The fourth-order valence-electron chi connectivity index (χ4n) is 7.52. The van der Waals surface area contributed by atoms with Gasteiger partial charge in [-0.05, 0) is 122 Å². The van der Waals surface area contributed by atoms with Crippen LogP contribution in [-0.4, -0.2) is 4.98 Å². The molecular weight excluding hydrogens is 450 g/mol. The molecule has 1 atom stereocenters. The van der Waals surface area contributed by atoms with Gasteiger partial charge in [0.05, 0.1) is 5.69 Å². The third kappa shape index (κ3) is 3.89. The molecule has 2 bridgehead atoms. The van der Waals surface area contributed by atoms with Crippen molar-refractivity contribution in [3.05, 3.63) is 89.1 Å². The summed E-state index contributed by atoms with van der Waals surface area (Å²) >= 11 is 0. The van der Waals surface area contributed by atoms with Gasteiger partial charge in [0, 0.05) is 22.5 Å². The van der Waals surface area contributed by atoms with Gasteiger partial charge in [-0.25, -0.2) is 0 Å². The van der Waals surface area contributed by atoms with Crippen molar-refractivity contribution < 1.29 is 4.42 Å². The largest absolute Gasteiger partial charge is 0.455 e. The quantitative estimate of drug-likeness (QED) is 0.253. The summed E-state index contributed by atoms with van der Waals surface area (Å²) in [6, 6.07) is 22.1. The number of benzene rings is 3. The van der Waals surface area contributed by atoms with E-state index in [0.717, 1.165) is 40.2 Å². The first-order valence-corrected chi connectivity index (χ1v) is 14.0. The monoisotopic (exact) mass is 485 g/mol. The van der Waals surface area contributed by atoms with Gasteiger partial charge in [0.25, 0.3) is 0 Å². The summed E-state index contributed by atoms with van der Waals surface area (Å²) in [5, 5.41) is 2.37. The lowest BCUT2D eigenvalue weighted by Gasteiger charge is -2.42. The number of aryl methyl sites for hydroxylation is 3. The average Bonchev–Trinajstić information content (AvgIpc) is 3.28. The minimum absolute atomic E-state index is 0.840. The first kappa shape index (κ1) is 22.8. The van der Waals surface area contributed by atoms with E-state index in [0.29, 0.717) is 0 Å². The smallest absolute Gasteiger partial charge is 0.144 e. The number of hydrogen-bond donors (Lipinski definition) is 0. The molecule has 3 saturated carbocycles. The predicted octanol–water partition coefficient (Wildman–Crippen LogP) is 9.61. The van der Waals surface area contributed by atoms with E-state index in [1.807, 2.05) is 6.20 Å². The van der Waals surface area contributed by atoms with Crippen molar-refractivity contribution >= 4 is 21.9 Å². The summed E-state index contributed by atoms with van der Waals surface area (Å²) in [7, 11) is 0. The van der Waals surface area contributed by atoms with Crippen LogP contribution < -0.4 is 0 Å². The zero-order chi connectivity index (χ0) is 25.1. The lowest BCUT2D eigenvalue weighted by molar-refractivity contribution is 0.0991. The molecule has 0 aliphatic heterocycles. The van der Waals surface area contributed by atoms with E-state index in [-0.39, 0.29) is 0 Å². The predicted molar refractivity (Wildman–Crippen MR) is 154 cm³/mol. The van der Waals surface area contributed by atoms with Gasteiger partial charge in [-0.15, -0.1) is 0 Å². The lowest BCUT2D eigenvalue weighted by Crippen LogP contribution is -2.32. The SMILES string of the molecule is Cc1cc(-c2c(C)cccc2C)c2c(c1)oc1c(-c3cc(CC4CC5CCC4CC5)ccn3)cccc12.